The van der Waals surface area contributed by atoms with Crippen molar-refractivity contribution in [1.82, 2.24) is 5.01 Å². The lowest BCUT2D eigenvalue weighted by molar-refractivity contribution is -0.121. The second-order valence-corrected chi connectivity index (χ2v) is 6.45. The molecule has 1 aliphatic heterocycles. The standard InChI is InChI=1S/C17H14N2O2S2/c1-21-14-9-5-6-12(10-14)11-15-16(20)19(17(22)23-15)18-13-7-3-2-4-8-13/h2-11,18H,1H3/b15-11-. The van der Waals surface area contributed by atoms with Crippen LogP contribution in [0, 0.1) is 0 Å². The molecule has 0 unspecified atom stereocenters. The topological polar surface area (TPSA) is 41.6 Å². The van der Waals surface area contributed by atoms with Crippen LogP contribution in [-0.4, -0.2) is 22.3 Å². The van der Waals surface area contributed by atoms with Gasteiger partial charge in [0.15, 0.2) is 4.32 Å². The third kappa shape index (κ3) is 3.55. The highest BCUT2D eigenvalue weighted by Gasteiger charge is 2.32. The molecular weight excluding hydrogens is 328 g/mol. The molecule has 1 saturated heterocycles. The van der Waals surface area contributed by atoms with Crippen molar-refractivity contribution < 1.29 is 9.53 Å². The Kier molecular flexibility index (Phi) is 4.64. The van der Waals surface area contributed by atoms with Crippen LogP contribution in [0.4, 0.5) is 5.69 Å². The molecule has 0 aliphatic carbocycles. The number of para-hydroxylation sites is 1. The number of nitrogens with zero attached hydrogens (tertiary/aromatic N) is 1. The molecule has 1 heterocycles. The fourth-order valence-electron chi connectivity index (χ4n) is 2.09. The number of rotatable bonds is 4. The van der Waals surface area contributed by atoms with Crippen LogP contribution in [0.15, 0.2) is 59.5 Å². The summed E-state index contributed by atoms with van der Waals surface area (Å²) < 4.78 is 5.68. The molecule has 1 aliphatic rings. The average Bonchev–Trinajstić information content (AvgIpc) is 2.83. The van der Waals surface area contributed by atoms with Crippen LogP contribution < -0.4 is 10.2 Å². The monoisotopic (exact) mass is 342 g/mol. The summed E-state index contributed by atoms with van der Waals surface area (Å²) in [5.74, 6) is 0.586. The Morgan fingerprint density at radius 3 is 2.70 bits per heavy atom. The van der Waals surface area contributed by atoms with Gasteiger partial charge in [-0.2, -0.15) is 0 Å². The van der Waals surface area contributed by atoms with E-state index in [0.29, 0.717) is 9.23 Å². The molecule has 4 nitrogen and oxygen atoms in total. The number of methoxy groups -OCH3 is 1. The van der Waals surface area contributed by atoms with Crippen molar-refractivity contribution in [3.8, 4) is 5.75 Å². The fraction of sp³-hybridized carbons (Fsp3) is 0.0588. The van der Waals surface area contributed by atoms with Crippen molar-refractivity contribution >= 4 is 46.0 Å². The maximum atomic E-state index is 12.5. The number of benzene rings is 2. The summed E-state index contributed by atoms with van der Waals surface area (Å²) in [6.45, 7) is 0. The van der Waals surface area contributed by atoms with E-state index in [1.54, 1.807) is 7.11 Å². The van der Waals surface area contributed by atoms with Gasteiger partial charge in [-0.05, 0) is 48.1 Å². The van der Waals surface area contributed by atoms with E-state index in [2.05, 4.69) is 5.43 Å². The lowest BCUT2D eigenvalue weighted by Gasteiger charge is -2.16. The molecule has 3 rings (SSSR count). The van der Waals surface area contributed by atoms with E-state index in [0.717, 1.165) is 17.0 Å². The van der Waals surface area contributed by atoms with E-state index < -0.39 is 0 Å². The summed E-state index contributed by atoms with van der Waals surface area (Å²) in [6.07, 6.45) is 1.81. The SMILES string of the molecule is COc1cccc(/C=C2\SC(=S)N(Nc3ccccc3)C2=O)c1. The summed E-state index contributed by atoms with van der Waals surface area (Å²) >= 11 is 6.57. The minimum atomic E-state index is -0.160. The first kappa shape index (κ1) is 15.6. The van der Waals surface area contributed by atoms with Gasteiger partial charge in [0, 0.05) is 0 Å². The van der Waals surface area contributed by atoms with E-state index in [-0.39, 0.29) is 5.91 Å². The number of hydrogen-bond acceptors (Lipinski definition) is 5. The van der Waals surface area contributed by atoms with Gasteiger partial charge < -0.3 is 4.74 Å². The first-order valence-electron chi connectivity index (χ1n) is 6.91. The third-order valence-corrected chi connectivity index (χ3v) is 4.50. The van der Waals surface area contributed by atoms with Crippen LogP contribution in [0.25, 0.3) is 6.08 Å². The molecule has 6 heteroatoms. The van der Waals surface area contributed by atoms with Crippen molar-refractivity contribution in [1.29, 1.82) is 0 Å². The van der Waals surface area contributed by atoms with Crippen molar-refractivity contribution in [3.05, 3.63) is 65.1 Å². The summed E-state index contributed by atoms with van der Waals surface area (Å²) in [7, 11) is 1.61. The lowest BCUT2D eigenvalue weighted by Crippen LogP contribution is -2.33. The maximum Gasteiger partial charge on any atom is 0.285 e. The van der Waals surface area contributed by atoms with Crippen molar-refractivity contribution in [2.75, 3.05) is 12.5 Å². The van der Waals surface area contributed by atoms with E-state index >= 15 is 0 Å². The summed E-state index contributed by atoms with van der Waals surface area (Å²) in [5.41, 5.74) is 4.74. The van der Waals surface area contributed by atoms with Crippen LogP contribution in [0.2, 0.25) is 0 Å². The number of carbonyl (C=O) groups excluding carboxylic acids is 1. The van der Waals surface area contributed by atoms with Crippen molar-refractivity contribution in [2.45, 2.75) is 0 Å². The van der Waals surface area contributed by atoms with Crippen LogP contribution >= 0.6 is 24.0 Å². The molecule has 0 radical (unpaired) electrons. The molecule has 0 saturated carbocycles. The fourth-order valence-corrected chi connectivity index (χ4v) is 3.27. The maximum absolute atomic E-state index is 12.5. The second kappa shape index (κ2) is 6.85. The molecule has 2 aromatic rings. The highest BCUT2D eigenvalue weighted by molar-refractivity contribution is 8.26. The molecule has 1 N–H and O–H groups in total. The Balaban J connectivity index is 1.81. The van der Waals surface area contributed by atoms with Gasteiger partial charge in [-0.25, -0.2) is 5.01 Å². The van der Waals surface area contributed by atoms with Crippen LogP contribution in [0.3, 0.4) is 0 Å². The Morgan fingerprint density at radius 1 is 1.17 bits per heavy atom. The average molecular weight is 342 g/mol. The van der Waals surface area contributed by atoms with Gasteiger partial charge in [-0.1, -0.05) is 42.1 Å². The van der Waals surface area contributed by atoms with E-state index in [1.165, 1.54) is 16.8 Å². The first-order valence-corrected chi connectivity index (χ1v) is 8.13. The number of amides is 1. The summed E-state index contributed by atoms with van der Waals surface area (Å²) in [4.78, 5) is 13.1. The molecule has 2 aromatic carbocycles. The number of hydrogen-bond donors (Lipinski definition) is 1. The molecule has 1 amide bonds. The van der Waals surface area contributed by atoms with E-state index in [4.69, 9.17) is 17.0 Å². The molecule has 1 fully saturated rings. The smallest absolute Gasteiger partial charge is 0.285 e. The quantitative estimate of drug-likeness (QED) is 0.674. The predicted octanol–water partition coefficient (Wildman–Crippen LogP) is 3.92. The van der Waals surface area contributed by atoms with E-state index in [1.807, 2.05) is 60.7 Å². The third-order valence-electron chi connectivity index (χ3n) is 3.20. The summed E-state index contributed by atoms with van der Waals surface area (Å²) in [5, 5.41) is 1.39. The zero-order chi connectivity index (χ0) is 16.2. The van der Waals surface area contributed by atoms with Crippen LogP contribution in [0.5, 0.6) is 5.75 Å². The highest BCUT2D eigenvalue weighted by atomic mass is 32.2. The van der Waals surface area contributed by atoms with Gasteiger partial charge in [-0.3, -0.25) is 10.2 Å². The van der Waals surface area contributed by atoms with E-state index in [9.17, 15) is 4.79 Å². The molecule has 116 valence electrons. The Hall–Kier alpha value is -2.31. The number of carbonyl (C=O) groups is 1. The molecule has 0 bridgehead atoms. The van der Waals surface area contributed by atoms with Gasteiger partial charge in [0.25, 0.3) is 5.91 Å². The van der Waals surface area contributed by atoms with Gasteiger partial charge in [0.05, 0.1) is 17.7 Å². The zero-order valence-corrected chi connectivity index (χ0v) is 14.0. The summed E-state index contributed by atoms with van der Waals surface area (Å²) in [6, 6.07) is 17.0. The van der Waals surface area contributed by atoms with Crippen molar-refractivity contribution in [2.24, 2.45) is 0 Å². The van der Waals surface area contributed by atoms with Crippen LogP contribution in [-0.2, 0) is 4.79 Å². The van der Waals surface area contributed by atoms with Gasteiger partial charge in [0.1, 0.15) is 5.75 Å². The van der Waals surface area contributed by atoms with Gasteiger partial charge in [0.2, 0.25) is 0 Å². The second-order valence-electron chi connectivity index (χ2n) is 4.77. The van der Waals surface area contributed by atoms with Crippen molar-refractivity contribution in [3.63, 3.8) is 0 Å². The number of ether oxygens (including phenoxy) is 1. The number of nitrogens with one attached hydrogen (secondary N) is 1. The molecule has 0 atom stereocenters. The lowest BCUT2D eigenvalue weighted by atomic mass is 10.2. The minimum absolute atomic E-state index is 0.160. The Bertz CT molecular complexity index is 775. The largest absolute Gasteiger partial charge is 0.497 e. The molecular formula is C17H14N2O2S2. The number of anilines is 1. The molecule has 0 aromatic heterocycles. The Morgan fingerprint density at radius 2 is 1.96 bits per heavy atom. The number of thioether (sulfide) groups is 1. The number of hydrazine groups is 1. The van der Waals surface area contributed by atoms with Crippen LogP contribution in [0.1, 0.15) is 5.56 Å². The zero-order valence-electron chi connectivity index (χ0n) is 12.4. The first-order chi connectivity index (χ1) is 11.2. The Labute approximate surface area is 144 Å². The molecule has 23 heavy (non-hydrogen) atoms. The number of thiocarbonyl (C=S) groups is 1. The highest BCUT2D eigenvalue weighted by Crippen LogP contribution is 2.33. The van der Waals surface area contributed by atoms with Gasteiger partial charge >= 0.3 is 0 Å². The normalized spacial score (nSPS) is 16.0. The predicted molar refractivity (Wildman–Crippen MR) is 98.1 cm³/mol. The van der Waals surface area contributed by atoms with Gasteiger partial charge in [-0.15, -0.1) is 0 Å². The minimum Gasteiger partial charge on any atom is -0.497 e. The molecule has 0 spiro atoms.